The Bertz CT molecular complexity index is 1590. The van der Waals surface area contributed by atoms with E-state index in [9.17, 15) is 9.59 Å². The van der Waals surface area contributed by atoms with E-state index in [2.05, 4.69) is 15.3 Å². The largest absolute Gasteiger partial charge is 0.293 e. The van der Waals surface area contributed by atoms with E-state index in [0.29, 0.717) is 38.6 Å². The van der Waals surface area contributed by atoms with Gasteiger partial charge < -0.3 is 0 Å². The fraction of sp³-hybridized carbons (Fsp3) is 0.0800. The number of Topliss-reactive ketones (excluding diaryl/α,β-unsaturated/α-hetero) is 1. The van der Waals surface area contributed by atoms with Gasteiger partial charge in [-0.15, -0.1) is 16.4 Å². The van der Waals surface area contributed by atoms with Crippen LogP contribution < -0.4 is 5.56 Å². The van der Waals surface area contributed by atoms with Gasteiger partial charge in [0.1, 0.15) is 5.15 Å². The summed E-state index contributed by atoms with van der Waals surface area (Å²) in [5.74, 6) is 0.0150. The molecule has 5 rings (SSSR count). The first-order valence-corrected chi connectivity index (χ1v) is 12.2. The van der Waals surface area contributed by atoms with Gasteiger partial charge in [-0.05, 0) is 54.1 Å². The fourth-order valence-electron chi connectivity index (χ4n) is 3.68. The highest BCUT2D eigenvalue weighted by Crippen LogP contribution is 2.30. The van der Waals surface area contributed by atoms with Crippen molar-refractivity contribution in [1.82, 2.24) is 24.5 Å². The number of pyridine rings is 2. The van der Waals surface area contributed by atoms with Crippen molar-refractivity contribution in [3.8, 4) is 22.5 Å². The van der Waals surface area contributed by atoms with Crippen molar-refractivity contribution in [2.75, 3.05) is 0 Å². The standard InChI is InChI=1S/C25H17Cl2N5O2S/c26-23-13-16(10-11-28-23)19-14-18(31-12-2-1-3-25(31)34)5-6-20(19)32-15-17(29-30-32)4-7-21(33)22-8-9-24(27)35-22/h1-3,5-6,8-15H,4,7H2. The number of carbonyl (C=O) groups excluding carboxylic acids is 1. The van der Waals surface area contributed by atoms with Crippen LogP contribution in [0.3, 0.4) is 0 Å². The van der Waals surface area contributed by atoms with Crippen molar-refractivity contribution in [2.45, 2.75) is 12.8 Å². The number of benzene rings is 1. The molecule has 0 spiro atoms. The van der Waals surface area contributed by atoms with Gasteiger partial charge in [0.15, 0.2) is 5.78 Å². The fourth-order valence-corrected chi connectivity index (χ4v) is 4.86. The summed E-state index contributed by atoms with van der Waals surface area (Å²) in [4.78, 5) is 29.5. The van der Waals surface area contributed by atoms with Crippen LogP contribution in [0, 0.1) is 0 Å². The highest BCUT2D eigenvalue weighted by atomic mass is 35.5. The second-order valence-corrected chi connectivity index (χ2v) is 9.76. The first-order valence-electron chi connectivity index (χ1n) is 10.6. The molecule has 0 atom stereocenters. The van der Waals surface area contributed by atoms with E-state index in [1.807, 2.05) is 24.3 Å². The van der Waals surface area contributed by atoms with Gasteiger partial charge in [-0.3, -0.25) is 14.2 Å². The molecule has 0 aliphatic heterocycles. The minimum absolute atomic E-state index is 0.0150. The average molecular weight is 522 g/mol. The van der Waals surface area contributed by atoms with Crippen molar-refractivity contribution in [3.05, 3.63) is 110 Å². The number of ketones is 1. The lowest BCUT2D eigenvalue weighted by Gasteiger charge is -2.13. The SMILES string of the molecule is O=C(CCc1cn(-c2ccc(-n3ccccc3=O)cc2-c2ccnc(Cl)c2)nn1)c1ccc(Cl)s1. The molecule has 0 saturated carbocycles. The lowest BCUT2D eigenvalue weighted by atomic mass is 10.0. The molecule has 5 aromatic rings. The molecular formula is C25H17Cl2N5O2S. The molecule has 0 amide bonds. The molecule has 0 bridgehead atoms. The van der Waals surface area contributed by atoms with Crippen LogP contribution in [0.5, 0.6) is 0 Å². The Morgan fingerprint density at radius 2 is 1.91 bits per heavy atom. The number of halogens is 2. The van der Waals surface area contributed by atoms with Gasteiger partial charge in [-0.2, -0.15) is 0 Å². The molecule has 4 heterocycles. The van der Waals surface area contributed by atoms with Gasteiger partial charge in [0.05, 0.1) is 26.8 Å². The molecule has 0 N–H and O–H groups in total. The summed E-state index contributed by atoms with van der Waals surface area (Å²) in [6.07, 6.45) is 5.88. The predicted octanol–water partition coefficient (Wildman–Crippen LogP) is 5.66. The van der Waals surface area contributed by atoms with Crippen molar-refractivity contribution >= 4 is 40.3 Å². The van der Waals surface area contributed by atoms with E-state index in [-0.39, 0.29) is 11.3 Å². The van der Waals surface area contributed by atoms with E-state index >= 15 is 0 Å². The number of carbonyl (C=O) groups is 1. The first kappa shape index (κ1) is 23.2. The van der Waals surface area contributed by atoms with Gasteiger partial charge in [0, 0.05) is 42.6 Å². The second kappa shape index (κ2) is 9.95. The van der Waals surface area contributed by atoms with Crippen LogP contribution in [-0.2, 0) is 6.42 Å². The van der Waals surface area contributed by atoms with Gasteiger partial charge in [0.2, 0.25) is 0 Å². The molecule has 0 unspecified atom stereocenters. The number of nitrogens with zero attached hydrogens (tertiary/aromatic N) is 5. The normalized spacial score (nSPS) is 11.0. The summed E-state index contributed by atoms with van der Waals surface area (Å²) >= 11 is 13.4. The van der Waals surface area contributed by atoms with Crippen LogP contribution in [0.15, 0.2) is 84.0 Å². The molecule has 4 aromatic heterocycles. The van der Waals surface area contributed by atoms with Crippen molar-refractivity contribution < 1.29 is 4.79 Å². The van der Waals surface area contributed by atoms with Crippen LogP contribution in [0.4, 0.5) is 0 Å². The molecule has 0 aliphatic carbocycles. The Hall–Kier alpha value is -3.59. The van der Waals surface area contributed by atoms with Crippen LogP contribution >= 0.6 is 34.5 Å². The Morgan fingerprint density at radius 1 is 1.03 bits per heavy atom. The minimum atomic E-state index is -0.140. The molecule has 0 saturated heterocycles. The van der Waals surface area contributed by atoms with E-state index in [1.165, 1.54) is 17.4 Å². The molecule has 0 aliphatic rings. The number of thiophene rings is 1. The molecular weight excluding hydrogens is 505 g/mol. The maximum Gasteiger partial charge on any atom is 0.255 e. The molecule has 7 nitrogen and oxygen atoms in total. The number of rotatable bonds is 7. The van der Waals surface area contributed by atoms with Gasteiger partial charge >= 0.3 is 0 Å². The summed E-state index contributed by atoms with van der Waals surface area (Å²) in [7, 11) is 0. The third kappa shape index (κ3) is 5.09. The van der Waals surface area contributed by atoms with E-state index in [1.54, 1.807) is 58.2 Å². The van der Waals surface area contributed by atoms with Crippen LogP contribution in [0.2, 0.25) is 9.49 Å². The zero-order chi connectivity index (χ0) is 24.4. The zero-order valence-corrected chi connectivity index (χ0v) is 20.5. The molecule has 0 radical (unpaired) electrons. The van der Waals surface area contributed by atoms with Crippen LogP contribution in [0.1, 0.15) is 21.8 Å². The molecule has 1 aromatic carbocycles. The quantitative estimate of drug-likeness (QED) is 0.203. The summed E-state index contributed by atoms with van der Waals surface area (Å²) in [5.41, 5.74) is 3.59. The van der Waals surface area contributed by atoms with Gasteiger partial charge in [-0.25, -0.2) is 9.67 Å². The summed E-state index contributed by atoms with van der Waals surface area (Å²) in [5, 5.41) is 8.89. The van der Waals surface area contributed by atoms with Crippen molar-refractivity contribution in [2.24, 2.45) is 0 Å². The van der Waals surface area contributed by atoms with Crippen LogP contribution in [0.25, 0.3) is 22.5 Å². The van der Waals surface area contributed by atoms with Crippen LogP contribution in [-0.4, -0.2) is 30.3 Å². The monoisotopic (exact) mass is 521 g/mol. The van der Waals surface area contributed by atoms with Gasteiger partial charge in [-0.1, -0.05) is 34.5 Å². The lowest BCUT2D eigenvalue weighted by molar-refractivity contribution is 0.0986. The molecule has 10 heteroatoms. The maximum absolute atomic E-state index is 12.4. The summed E-state index contributed by atoms with van der Waals surface area (Å²) in [6, 6.07) is 17.7. The Morgan fingerprint density at radius 3 is 2.69 bits per heavy atom. The summed E-state index contributed by atoms with van der Waals surface area (Å²) in [6.45, 7) is 0. The number of aromatic nitrogens is 5. The molecule has 0 fully saturated rings. The van der Waals surface area contributed by atoms with E-state index < -0.39 is 0 Å². The number of hydrogen-bond acceptors (Lipinski definition) is 6. The zero-order valence-electron chi connectivity index (χ0n) is 18.1. The third-order valence-corrected chi connectivity index (χ3v) is 6.84. The van der Waals surface area contributed by atoms with Crippen molar-refractivity contribution in [3.63, 3.8) is 0 Å². The van der Waals surface area contributed by atoms with Crippen molar-refractivity contribution in [1.29, 1.82) is 0 Å². The maximum atomic E-state index is 12.4. The minimum Gasteiger partial charge on any atom is -0.293 e. The topological polar surface area (TPSA) is 82.7 Å². The summed E-state index contributed by atoms with van der Waals surface area (Å²) < 4.78 is 3.80. The highest BCUT2D eigenvalue weighted by molar-refractivity contribution is 7.18. The Labute approximate surface area is 214 Å². The first-order chi connectivity index (χ1) is 17.0. The highest BCUT2D eigenvalue weighted by Gasteiger charge is 2.15. The van der Waals surface area contributed by atoms with Gasteiger partial charge in [0.25, 0.3) is 5.56 Å². The number of hydrogen-bond donors (Lipinski definition) is 0. The molecule has 35 heavy (non-hydrogen) atoms. The Kier molecular flexibility index (Phi) is 6.59. The number of aryl methyl sites for hydroxylation is 1. The van der Waals surface area contributed by atoms with E-state index in [0.717, 1.165) is 16.8 Å². The second-order valence-electron chi connectivity index (χ2n) is 7.66. The smallest absolute Gasteiger partial charge is 0.255 e. The van der Waals surface area contributed by atoms with E-state index in [4.69, 9.17) is 23.2 Å². The molecule has 174 valence electrons. The average Bonchev–Trinajstić information content (AvgIpc) is 3.52. The Balaban J connectivity index is 1.48. The lowest BCUT2D eigenvalue weighted by Crippen LogP contribution is -2.15. The third-order valence-electron chi connectivity index (χ3n) is 5.36. The predicted molar refractivity (Wildman–Crippen MR) is 137 cm³/mol.